The molecule has 0 radical (unpaired) electrons. The zero-order valence-corrected chi connectivity index (χ0v) is 41.6. The third-order valence-corrected chi connectivity index (χ3v) is 13.2. The Morgan fingerprint density at radius 3 is 1.25 bits per heavy atom. The summed E-state index contributed by atoms with van der Waals surface area (Å²) >= 11 is 0. The van der Waals surface area contributed by atoms with E-state index in [-0.39, 0.29) is 11.9 Å². The maximum atomic E-state index is 12.9. The van der Waals surface area contributed by atoms with Crippen LogP contribution in [0.5, 0.6) is 0 Å². The Bertz CT molecular complexity index is 1020. The summed E-state index contributed by atoms with van der Waals surface area (Å²) in [6.45, 7) is 18.0. The number of carbonyl (C=O) groups excluding carboxylic acids is 2. The molecule has 0 aliphatic carbocycles. The number of hydrogen-bond acceptors (Lipinski definition) is 6. The number of hydrogen-bond donors (Lipinski definition) is 0. The molecule has 1 heterocycles. The van der Waals surface area contributed by atoms with E-state index >= 15 is 0 Å². The number of rotatable bonds is 46. The molecular weight excluding hydrogens is 755 g/mol. The lowest BCUT2D eigenvalue weighted by Crippen LogP contribution is -2.43. The van der Waals surface area contributed by atoms with Crippen LogP contribution < -0.4 is 0 Å². The summed E-state index contributed by atoms with van der Waals surface area (Å²) in [7, 11) is 0. The average Bonchev–Trinajstić information content (AvgIpc) is 3.77. The summed E-state index contributed by atoms with van der Waals surface area (Å²) in [5.41, 5.74) is 0. The van der Waals surface area contributed by atoms with Gasteiger partial charge in [0.2, 0.25) is 0 Å². The summed E-state index contributed by atoms with van der Waals surface area (Å²) < 4.78 is 13.8. The van der Waals surface area contributed by atoms with E-state index in [1.807, 2.05) is 12.5 Å². The largest absolute Gasteiger partial charge is 0.466 e. The van der Waals surface area contributed by atoms with Crippen molar-refractivity contribution in [2.75, 3.05) is 26.3 Å². The van der Waals surface area contributed by atoms with Crippen LogP contribution in [0.1, 0.15) is 260 Å². The molecule has 0 saturated carbocycles. The average molecular weight is 858 g/mol. The maximum Gasteiger partial charge on any atom is 0.306 e. The van der Waals surface area contributed by atoms with Crippen LogP contribution in [0.4, 0.5) is 0 Å². The van der Waals surface area contributed by atoms with Crippen molar-refractivity contribution >= 4 is 11.9 Å². The Hall–Kier alpha value is -1.89. The second-order valence-electron chi connectivity index (χ2n) is 19.3. The van der Waals surface area contributed by atoms with Crippen LogP contribution in [0.15, 0.2) is 18.7 Å². The Labute approximate surface area is 379 Å². The fourth-order valence-electron chi connectivity index (χ4n) is 9.15. The normalized spacial score (nSPS) is 13.2. The van der Waals surface area contributed by atoms with Crippen LogP contribution in [0, 0.1) is 17.8 Å². The van der Waals surface area contributed by atoms with Gasteiger partial charge in [-0.05, 0) is 82.2 Å². The Morgan fingerprint density at radius 1 is 0.508 bits per heavy atom. The highest BCUT2D eigenvalue weighted by molar-refractivity contribution is 5.70. The number of esters is 2. The topological polar surface area (TPSA) is 73.7 Å². The van der Waals surface area contributed by atoms with Crippen molar-refractivity contribution in [2.45, 2.75) is 272 Å². The van der Waals surface area contributed by atoms with Crippen molar-refractivity contribution in [3.63, 3.8) is 0 Å². The van der Waals surface area contributed by atoms with Gasteiger partial charge in [-0.2, -0.15) is 0 Å². The zero-order valence-electron chi connectivity index (χ0n) is 41.6. The van der Waals surface area contributed by atoms with Gasteiger partial charge in [0.25, 0.3) is 0 Å². The minimum atomic E-state index is 0.0238. The highest BCUT2D eigenvalue weighted by Crippen LogP contribution is 2.24. The molecule has 1 aromatic heterocycles. The van der Waals surface area contributed by atoms with Gasteiger partial charge in [0.15, 0.2) is 0 Å². The van der Waals surface area contributed by atoms with E-state index in [1.54, 1.807) is 0 Å². The first-order valence-electron chi connectivity index (χ1n) is 26.8. The molecule has 0 bridgehead atoms. The standard InChI is InChI=1S/C54H103N3O4/c1-7-11-15-19-21-29-37-50(35-27-17-13-9-3)45-53(58)60-43-33-25-23-31-40-57(52(49(5)6)47-56-42-39-55-48-56)41-32-24-26-34-44-61-54(59)46-51(36-28-18-14-10-4)38-30-22-20-16-12-8-2/h39,42,48-52H,7-38,40-41,43-47H2,1-6H3. The fourth-order valence-corrected chi connectivity index (χ4v) is 9.15. The Morgan fingerprint density at radius 2 is 0.869 bits per heavy atom. The lowest BCUT2D eigenvalue weighted by atomic mass is 9.91. The predicted octanol–water partition coefficient (Wildman–Crippen LogP) is 15.9. The number of carbonyl (C=O) groups is 2. The van der Waals surface area contributed by atoms with E-state index in [0.717, 1.165) is 71.0 Å². The molecule has 0 aliphatic heterocycles. The predicted molar refractivity (Wildman–Crippen MR) is 261 cm³/mol. The first-order chi connectivity index (χ1) is 29.8. The molecule has 0 aromatic carbocycles. The second-order valence-corrected chi connectivity index (χ2v) is 19.3. The molecular formula is C54H103N3O4. The van der Waals surface area contributed by atoms with E-state index in [9.17, 15) is 9.59 Å². The number of ether oxygens (including phenoxy) is 2. The number of imidazole rings is 1. The van der Waals surface area contributed by atoms with Gasteiger partial charge in [0.05, 0.1) is 19.5 Å². The summed E-state index contributed by atoms with van der Waals surface area (Å²) in [4.78, 5) is 32.8. The van der Waals surface area contributed by atoms with Gasteiger partial charge >= 0.3 is 11.9 Å². The van der Waals surface area contributed by atoms with Gasteiger partial charge in [-0.15, -0.1) is 0 Å². The first-order valence-corrected chi connectivity index (χ1v) is 26.8. The molecule has 61 heavy (non-hydrogen) atoms. The molecule has 7 nitrogen and oxygen atoms in total. The zero-order chi connectivity index (χ0) is 44.4. The second kappa shape index (κ2) is 42.1. The van der Waals surface area contributed by atoms with Gasteiger partial charge in [0.1, 0.15) is 0 Å². The molecule has 0 saturated heterocycles. The monoisotopic (exact) mass is 858 g/mol. The third kappa shape index (κ3) is 34.2. The van der Waals surface area contributed by atoms with Gasteiger partial charge in [-0.1, -0.05) is 196 Å². The highest BCUT2D eigenvalue weighted by atomic mass is 16.5. The molecule has 0 fully saturated rings. The van der Waals surface area contributed by atoms with Crippen molar-refractivity contribution < 1.29 is 19.1 Å². The van der Waals surface area contributed by atoms with Crippen LogP contribution in [-0.4, -0.2) is 58.7 Å². The van der Waals surface area contributed by atoms with Crippen LogP contribution >= 0.6 is 0 Å². The lowest BCUT2D eigenvalue weighted by molar-refractivity contribution is -0.146. The van der Waals surface area contributed by atoms with E-state index in [4.69, 9.17) is 9.47 Å². The van der Waals surface area contributed by atoms with Gasteiger partial charge in [-0.3, -0.25) is 14.5 Å². The van der Waals surface area contributed by atoms with Crippen LogP contribution in [0.3, 0.4) is 0 Å². The van der Waals surface area contributed by atoms with Crippen molar-refractivity contribution in [3.8, 4) is 0 Å². The van der Waals surface area contributed by atoms with Gasteiger partial charge < -0.3 is 14.0 Å². The molecule has 7 heteroatoms. The SMILES string of the molecule is CCCCCCCCC(CCCCCC)CC(=O)OCCCCCCN(CCCCCCOC(=O)CC(CCCCCC)CCCCCCCC)C(Cn1ccnc1)C(C)C. The smallest absolute Gasteiger partial charge is 0.306 e. The third-order valence-electron chi connectivity index (χ3n) is 13.2. The van der Waals surface area contributed by atoms with E-state index in [0.29, 0.717) is 49.9 Å². The van der Waals surface area contributed by atoms with Crippen molar-refractivity contribution in [3.05, 3.63) is 18.7 Å². The van der Waals surface area contributed by atoms with Crippen molar-refractivity contribution in [1.29, 1.82) is 0 Å². The Kier molecular flexibility index (Phi) is 39.4. The fraction of sp³-hybridized carbons (Fsp3) is 0.907. The van der Waals surface area contributed by atoms with Gasteiger partial charge in [-0.25, -0.2) is 4.98 Å². The number of nitrogens with zero attached hydrogens (tertiary/aromatic N) is 3. The maximum absolute atomic E-state index is 12.9. The van der Waals surface area contributed by atoms with Gasteiger partial charge in [0, 0.05) is 37.8 Å². The highest BCUT2D eigenvalue weighted by Gasteiger charge is 2.22. The summed E-state index contributed by atoms with van der Waals surface area (Å²) in [5.74, 6) is 1.56. The number of unbranched alkanes of at least 4 members (excludes halogenated alkanes) is 22. The minimum absolute atomic E-state index is 0.0238. The summed E-state index contributed by atoms with van der Waals surface area (Å²) in [6.07, 6.45) is 46.5. The molecule has 1 rings (SSSR count). The quantitative estimate of drug-likeness (QED) is 0.0480. The summed E-state index contributed by atoms with van der Waals surface area (Å²) in [6, 6.07) is 0.452. The van der Waals surface area contributed by atoms with Crippen LogP contribution in [0.2, 0.25) is 0 Å². The van der Waals surface area contributed by atoms with Crippen LogP contribution in [-0.2, 0) is 25.6 Å². The molecule has 0 amide bonds. The van der Waals surface area contributed by atoms with Crippen LogP contribution in [0.25, 0.3) is 0 Å². The molecule has 358 valence electrons. The molecule has 1 aromatic rings. The number of aromatic nitrogens is 2. The summed E-state index contributed by atoms with van der Waals surface area (Å²) in [5, 5.41) is 0. The molecule has 0 N–H and O–H groups in total. The minimum Gasteiger partial charge on any atom is -0.466 e. The van der Waals surface area contributed by atoms with Crippen molar-refractivity contribution in [2.24, 2.45) is 17.8 Å². The molecule has 3 unspecified atom stereocenters. The Balaban J connectivity index is 2.48. The first kappa shape index (κ1) is 57.1. The molecule has 3 atom stereocenters. The lowest BCUT2D eigenvalue weighted by Gasteiger charge is -2.35. The van der Waals surface area contributed by atoms with Crippen molar-refractivity contribution in [1.82, 2.24) is 14.5 Å². The van der Waals surface area contributed by atoms with E-state index < -0.39 is 0 Å². The molecule has 0 spiro atoms. The van der Waals surface area contributed by atoms with E-state index in [1.165, 1.54) is 154 Å². The molecule has 0 aliphatic rings. The van der Waals surface area contributed by atoms with E-state index in [2.05, 4.69) is 62.2 Å².